The summed E-state index contributed by atoms with van der Waals surface area (Å²) in [7, 11) is 1.64. The molecule has 164 valence electrons. The Balaban J connectivity index is 1.66. The van der Waals surface area contributed by atoms with E-state index in [-0.39, 0.29) is 18.3 Å². The summed E-state index contributed by atoms with van der Waals surface area (Å²) in [6.45, 7) is 1.99. The Bertz CT molecular complexity index is 975. The van der Waals surface area contributed by atoms with E-state index < -0.39 is 0 Å². The van der Waals surface area contributed by atoms with Crippen LogP contribution >= 0.6 is 11.6 Å². The molecule has 3 rings (SSSR count). The highest BCUT2D eigenvalue weighted by Gasteiger charge is 2.17. The smallest absolute Gasteiger partial charge is 0.260 e. The Morgan fingerprint density at radius 1 is 1.13 bits per heavy atom. The van der Waals surface area contributed by atoms with Crippen molar-refractivity contribution in [3.8, 4) is 5.75 Å². The number of ether oxygens (including phenoxy) is 2. The largest absolute Gasteiger partial charge is 0.484 e. The van der Waals surface area contributed by atoms with Gasteiger partial charge in [0.25, 0.3) is 5.91 Å². The third kappa shape index (κ3) is 7.12. The molecule has 0 fully saturated rings. The second kappa shape index (κ2) is 11.5. The van der Waals surface area contributed by atoms with Gasteiger partial charge in [-0.2, -0.15) is 0 Å². The molecule has 1 amide bonds. The van der Waals surface area contributed by atoms with Crippen LogP contribution in [0.2, 0.25) is 5.02 Å². The molecule has 5 nitrogen and oxygen atoms in total. The van der Waals surface area contributed by atoms with Crippen molar-refractivity contribution >= 4 is 17.5 Å². The summed E-state index contributed by atoms with van der Waals surface area (Å²) < 4.78 is 26.3. The molecule has 0 atom stereocenters. The summed E-state index contributed by atoms with van der Waals surface area (Å²) in [5.41, 5.74) is 1.82. The number of halogens is 2. The van der Waals surface area contributed by atoms with Gasteiger partial charge in [0.15, 0.2) is 6.61 Å². The zero-order valence-electron chi connectivity index (χ0n) is 17.5. The Hall–Kier alpha value is -2.83. The van der Waals surface area contributed by atoms with E-state index in [9.17, 15) is 9.18 Å². The number of amides is 1. The first-order chi connectivity index (χ1) is 15.0. The molecule has 0 aliphatic heterocycles. The molecule has 31 heavy (non-hydrogen) atoms. The molecule has 3 aromatic rings. The molecule has 0 saturated heterocycles. The van der Waals surface area contributed by atoms with E-state index in [0.29, 0.717) is 43.4 Å². The summed E-state index contributed by atoms with van der Waals surface area (Å²) in [6, 6.07) is 17.3. The SMILES string of the molecule is COCCCN(Cc1cccn1Cc1cccc(F)c1)C(=O)COc1ccc(Cl)cc1. The molecule has 0 aliphatic carbocycles. The Morgan fingerprint density at radius 2 is 1.94 bits per heavy atom. The van der Waals surface area contributed by atoms with E-state index in [1.807, 2.05) is 29.0 Å². The minimum absolute atomic E-state index is 0.0702. The van der Waals surface area contributed by atoms with Crippen LogP contribution in [-0.2, 0) is 22.6 Å². The Morgan fingerprint density at radius 3 is 2.68 bits per heavy atom. The quantitative estimate of drug-likeness (QED) is 0.400. The predicted octanol–water partition coefficient (Wildman–Crippen LogP) is 4.77. The van der Waals surface area contributed by atoms with Crippen LogP contribution in [0.15, 0.2) is 66.9 Å². The summed E-state index contributed by atoms with van der Waals surface area (Å²) in [4.78, 5) is 14.6. The number of aromatic nitrogens is 1. The number of rotatable bonds is 11. The van der Waals surface area contributed by atoms with Crippen molar-refractivity contribution in [1.29, 1.82) is 0 Å². The zero-order chi connectivity index (χ0) is 22.1. The van der Waals surface area contributed by atoms with Gasteiger partial charge in [0, 0.05) is 43.7 Å². The van der Waals surface area contributed by atoms with Gasteiger partial charge >= 0.3 is 0 Å². The molecule has 2 aromatic carbocycles. The molecule has 1 aromatic heterocycles. The first kappa shape index (κ1) is 22.8. The van der Waals surface area contributed by atoms with E-state index in [0.717, 1.165) is 11.3 Å². The highest BCUT2D eigenvalue weighted by atomic mass is 35.5. The lowest BCUT2D eigenvalue weighted by Gasteiger charge is -2.24. The number of nitrogens with zero attached hydrogens (tertiary/aromatic N) is 2. The average molecular weight is 445 g/mol. The number of methoxy groups -OCH3 is 1. The summed E-state index contributed by atoms with van der Waals surface area (Å²) in [5, 5.41) is 0.610. The van der Waals surface area contributed by atoms with Crippen LogP contribution in [0.4, 0.5) is 4.39 Å². The number of carbonyl (C=O) groups is 1. The van der Waals surface area contributed by atoms with Crippen molar-refractivity contribution in [3.05, 3.63) is 89.0 Å². The van der Waals surface area contributed by atoms with Gasteiger partial charge in [-0.1, -0.05) is 23.7 Å². The lowest BCUT2D eigenvalue weighted by Crippen LogP contribution is -2.36. The van der Waals surface area contributed by atoms with Crippen LogP contribution in [0.3, 0.4) is 0 Å². The van der Waals surface area contributed by atoms with Gasteiger partial charge in [0.2, 0.25) is 0 Å². The molecule has 0 radical (unpaired) electrons. The van der Waals surface area contributed by atoms with E-state index in [2.05, 4.69) is 0 Å². The van der Waals surface area contributed by atoms with Crippen LogP contribution in [0.5, 0.6) is 5.75 Å². The molecule has 0 unspecified atom stereocenters. The molecular weight excluding hydrogens is 419 g/mol. The standard InChI is InChI=1S/C24H26ClFN2O3/c1-30-14-4-13-28(24(29)18-31-23-10-8-20(25)9-11-23)17-22-7-3-12-27(22)16-19-5-2-6-21(26)15-19/h2-3,5-12,15H,4,13-14,16-18H2,1H3. The molecule has 0 spiro atoms. The number of hydrogen-bond acceptors (Lipinski definition) is 3. The van der Waals surface area contributed by atoms with Gasteiger partial charge < -0.3 is 18.9 Å². The van der Waals surface area contributed by atoms with Crippen LogP contribution in [0.25, 0.3) is 0 Å². The highest BCUT2D eigenvalue weighted by molar-refractivity contribution is 6.30. The fourth-order valence-electron chi connectivity index (χ4n) is 3.23. The maximum atomic E-state index is 13.5. The predicted molar refractivity (Wildman–Crippen MR) is 119 cm³/mol. The maximum absolute atomic E-state index is 13.5. The van der Waals surface area contributed by atoms with Crippen molar-refractivity contribution < 1.29 is 18.7 Å². The van der Waals surface area contributed by atoms with Gasteiger partial charge in [-0.05, 0) is 60.5 Å². The van der Waals surface area contributed by atoms with Crippen LogP contribution < -0.4 is 4.74 Å². The Kier molecular flexibility index (Phi) is 8.50. The van der Waals surface area contributed by atoms with E-state index >= 15 is 0 Å². The van der Waals surface area contributed by atoms with E-state index in [1.54, 1.807) is 42.3 Å². The van der Waals surface area contributed by atoms with Crippen molar-refractivity contribution in [2.24, 2.45) is 0 Å². The van der Waals surface area contributed by atoms with Crippen LogP contribution in [0.1, 0.15) is 17.7 Å². The monoisotopic (exact) mass is 444 g/mol. The molecular formula is C24H26ClFN2O3. The average Bonchev–Trinajstić information content (AvgIpc) is 3.19. The van der Waals surface area contributed by atoms with Gasteiger partial charge in [-0.15, -0.1) is 0 Å². The molecule has 0 N–H and O–H groups in total. The lowest BCUT2D eigenvalue weighted by atomic mass is 10.2. The van der Waals surface area contributed by atoms with Gasteiger partial charge in [0.05, 0.1) is 6.54 Å². The van der Waals surface area contributed by atoms with E-state index in [4.69, 9.17) is 21.1 Å². The number of benzene rings is 2. The van der Waals surface area contributed by atoms with Crippen LogP contribution in [-0.4, -0.2) is 42.2 Å². The number of hydrogen-bond donors (Lipinski definition) is 0. The zero-order valence-corrected chi connectivity index (χ0v) is 18.2. The second-order valence-electron chi connectivity index (χ2n) is 7.16. The minimum atomic E-state index is -0.262. The fraction of sp³-hybridized carbons (Fsp3) is 0.292. The second-order valence-corrected chi connectivity index (χ2v) is 7.60. The van der Waals surface area contributed by atoms with Gasteiger partial charge in [-0.25, -0.2) is 4.39 Å². The van der Waals surface area contributed by atoms with Crippen molar-refractivity contribution in [3.63, 3.8) is 0 Å². The molecule has 7 heteroatoms. The third-order valence-corrected chi connectivity index (χ3v) is 5.08. The fourth-order valence-corrected chi connectivity index (χ4v) is 3.36. The van der Waals surface area contributed by atoms with Crippen molar-refractivity contribution in [2.45, 2.75) is 19.5 Å². The third-order valence-electron chi connectivity index (χ3n) is 4.82. The van der Waals surface area contributed by atoms with Crippen LogP contribution in [0, 0.1) is 5.82 Å². The molecule has 0 bridgehead atoms. The summed E-state index contributed by atoms with van der Waals surface area (Å²) in [5.74, 6) is 0.204. The lowest BCUT2D eigenvalue weighted by molar-refractivity contribution is -0.134. The maximum Gasteiger partial charge on any atom is 0.260 e. The van der Waals surface area contributed by atoms with Crippen molar-refractivity contribution in [1.82, 2.24) is 9.47 Å². The van der Waals surface area contributed by atoms with E-state index in [1.165, 1.54) is 12.1 Å². The highest BCUT2D eigenvalue weighted by Crippen LogP contribution is 2.16. The normalized spacial score (nSPS) is 10.8. The molecule has 1 heterocycles. The number of carbonyl (C=O) groups excluding carboxylic acids is 1. The van der Waals surface area contributed by atoms with Crippen molar-refractivity contribution in [2.75, 3.05) is 26.9 Å². The first-order valence-corrected chi connectivity index (χ1v) is 10.5. The Labute approximate surface area is 187 Å². The van der Waals surface area contributed by atoms with Gasteiger partial charge in [-0.3, -0.25) is 4.79 Å². The molecule has 0 saturated carbocycles. The van der Waals surface area contributed by atoms with Gasteiger partial charge in [0.1, 0.15) is 11.6 Å². The summed E-state index contributed by atoms with van der Waals surface area (Å²) >= 11 is 5.89. The summed E-state index contributed by atoms with van der Waals surface area (Å²) in [6.07, 6.45) is 2.65. The first-order valence-electron chi connectivity index (χ1n) is 10.1. The molecule has 0 aliphatic rings. The topological polar surface area (TPSA) is 43.7 Å². The minimum Gasteiger partial charge on any atom is -0.484 e.